The van der Waals surface area contributed by atoms with Gasteiger partial charge in [-0.3, -0.25) is 4.79 Å². The van der Waals surface area contributed by atoms with E-state index < -0.39 is 11.9 Å². The van der Waals surface area contributed by atoms with E-state index in [4.69, 9.17) is 4.74 Å². The summed E-state index contributed by atoms with van der Waals surface area (Å²) < 4.78 is 4.72. The molecule has 1 aliphatic heterocycles. The number of hydrogen-bond acceptors (Lipinski definition) is 8. The van der Waals surface area contributed by atoms with Gasteiger partial charge in [0.1, 0.15) is 11.6 Å². The number of benzene rings is 1. The number of carbonyl (C=O) groups is 2. The van der Waals surface area contributed by atoms with Gasteiger partial charge >= 0.3 is 5.97 Å². The number of carbonyl (C=O) groups excluding carboxylic acids is 2. The highest BCUT2D eigenvalue weighted by atomic mass is 16.5. The number of para-hydroxylation sites is 1. The van der Waals surface area contributed by atoms with Crippen molar-refractivity contribution in [2.75, 3.05) is 43.5 Å². The predicted molar refractivity (Wildman–Crippen MR) is 106 cm³/mol. The van der Waals surface area contributed by atoms with Crippen LogP contribution in [-0.2, 0) is 9.53 Å². The summed E-state index contributed by atoms with van der Waals surface area (Å²) in [5, 5.41) is 12.0. The second-order valence-electron chi connectivity index (χ2n) is 6.22. The maximum atomic E-state index is 12.6. The largest absolute Gasteiger partial charge is 0.465 e. The molecule has 1 N–H and O–H groups in total. The lowest BCUT2D eigenvalue weighted by molar-refractivity contribution is -0.112. The third kappa shape index (κ3) is 4.87. The van der Waals surface area contributed by atoms with Crippen molar-refractivity contribution < 1.29 is 14.3 Å². The van der Waals surface area contributed by atoms with E-state index in [2.05, 4.69) is 15.3 Å². The molecule has 0 saturated carbocycles. The summed E-state index contributed by atoms with van der Waals surface area (Å²) in [5.74, 6) is -0.492. The zero-order valence-corrected chi connectivity index (χ0v) is 15.9. The molecule has 2 aromatic rings. The molecular weight excluding hydrogens is 372 g/mol. The van der Waals surface area contributed by atoms with Gasteiger partial charge in [0.05, 0.1) is 18.4 Å². The van der Waals surface area contributed by atoms with Crippen LogP contribution in [0.2, 0.25) is 0 Å². The van der Waals surface area contributed by atoms with Crippen molar-refractivity contribution in [1.29, 1.82) is 5.26 Å². The average molecular weight is 392 g/mol. The van der Waals surface area contributed by atoms with Gasteiger partial charge in [0.2, 0.25) is 5.95 Å². The lowest BCUT2D eigenvalue weighted by Gasteiger charge is -2.34. The van der Waals surface area contributed by atoms with Gasteiger partial charge in [0.25, 0.3) is 5.91 Å². The van der Waals surface area contributed by atoms with E-state index in [-0.39, 0.29) is 16.8 Å². The summed E-state index contributed by atoms with van der Waals surface area (Å²) in [6, 6.07) is 10.2. The monoisotopic (exact) mass is 392 g/mol. The molecule has 1 aliphatic rings. The number of rotatable bonds is 5. The molecule has 3 rings (SSSR count). The zero-order valence-electron chi connectivity index (χ0n) is 15.9. The van der Waals surface area contributed by atoms with Gasteiger partial charge in [-0.05, 0) is 18.2 Å². The number of nitriles is 1. The fourth-order valence-electron chi connectivity index (χ4n) is 2.90. The van der Waals surface area contributed by atoms with Gasteiger partial charge in [-0.15, -0.1) is 0 Å². The van der Waals surface area contributed by atoms with E-state index in [9.17, 15) is 14.9 Å². The van der Waals surface area contributed by atoms with Crippen molar-refractivity contribution in [1.82, 2.24) is 14.9 Å². The summed E-state index contributed by atoms with van der Waals surface area (Å²) in [5.41, 5.74) is 0.461. The van der Waals surface area contributed by atoms with Gasteiger partial charge in [-0.25, -0.2) is 14.8 Å². The molecule has 1 aromatic heterocycles. The third-order valence-electron chi connectivity index (χ3n) is 4.41. The molecule has 0 atom stereocenters. The standard InChI is InChI=1S/C20H20N6O3/c1-29-19(28)16-5-2-3-6-17(16)24-18(27)15(13-21)14-25-9-11-26(12-10-25)20-22-7-4-8-23-20/h2-8,14H,9-12H2,1H3,(H,24,27)/b15-14-. The van der Waals surface area contributed by atoms with Crippen LogP contribution in [0.3, 0.4) is 0 Å². The Kier molecular flexibility index (Phi) is 6.37. The normalized spacial score (nSPS) is 14.1. The molecule has 0 spiro atoms. The van der Waals surface area contributed by atoms with Crippen LogP contribution in [-0.4, -0.2) is 60.0 Å². The van der Waals surface area contributed by atoms with E-state index in [0.29, 0.717) is 32.1 Å². The lowest BCUT2D eigenvalue weighted by atomic mass is 10.1. The van der Waals surface area contributed by atoms with Gasteiger partial charge < -0.3 is 19.9 Å². The molecule has 9 nitrogen and oxygen atoms in total. The van der Waals surface area contributed by atoms with Crippen molar-refractivity contribution in [2.45, 2.75) is 0 Å². The number of nitrogens with zero attached hydrogens (tertiary/aromatic N) is 5. The molecule has 29 heavy (non-hydrogen) atoms. The third-order valence-corrected chi connectivity index (χ3v) is 4.41. The fraction of sp³-hybridized carbons (Fsp3) is 0.250. The van der Waals surface area contributed by atoms with E-state index >= 15 is 0 Å². The van der Waals surface area contributed by atoms with E-state index in [1.54, 1.807) is 48.9 Å². The summed E-state index contributed by atoms with van der Waals surface area (Å²) in [6.45, 7) is 2.59. The van der Waals surface area contributed by atoms with E-state index in [1.807, 2.05) is 15.9 Å². The van der Waals surface area contributed by atoms with Crippen molar-refractivity contribution in [3.05, 3.63) is 60.1 Å². The molecule has 9 heteroatoms. The van der Waals surface area contributed by atoms with Crippen LogP contribution in [0, 0.1) is 11.3 Å². The highest BCUT2D eigenvalue weighted by Crippen LogP contribution is 2.17. The van der Waals surface area contributed by atoms with Crippen molar-refractivity contribution in [2.24, 2.45) is 0 Å². The van der Waals surface area contributed by atoms with Gasteiger partial charge in [0.15, 0.2) is 0 Å². The molecule has 2 heterocycles. The van der Waals surface area contributed by atoms with Crippen LogP contribution < -0.4 is 10.2 Å². The maximum Gasteiger partial charge on any atom is 0.339 e. The smallest absolute Gasteiger partial charge is 0.339 e. The second kappa shape index (κ2) is 9.32. The van der Waals surface area contributed by atoms with Crippen molar-refractivity contribution in [3.63, 3.8) is 0 Å². The number of methoxy groups -OCH3 is 1. The first-order valence-electron chi connectivity index (χ1n) is 8.99. The number of amides is 1. The quantitative estimate of drug-likeness (QED) is 0.462. The molecule has 0 bridgehead atoms. The van der Waals surface area contributed by atoms with Crippen LogP contribution in [0.25, 0.3) is 0 Å². The number of nitrogens with one attached hydrogen (secondary N) is 1. The van der Waals surface area contributed by atoms with E-state index in [0.717, 1.165) is 0 Å². The Morgan fingerprint density at radius 2 is 1.83 bits per heavy atom. The summed E-state index contributed by atoms with van der Waals surface area (Å²) in [7, 11) is 1.27. The lowest BCUT2D eigenvalue weighted by Crippen LogP contribution is -2.45. The molecule has 1 fully saturated rings. The first kappa shape index (κ1) is 19.8. The highest BCUT2D eigenvalue weighted by Gasteiger charge is 2.20. The zero-order chi connectivity index (χ0) is 20.6. The number of esters is 1. The first-order valence-corrected chi connectivity index (χ1v) is 8.99. The molecular formula is C20H20N6O3. The molecule has 0 radical (unpaired) electrons. The van der Waals surface area contributed by atoms with Gasteiger partial charge in [-0.2, -0.15) is 5.26 Å². The molecule has 1 saturated heterocycles. The molecule has 148 valence electrons. The molecule has 1 aromatic carbocycles. The number of aromatic nitrogens is 2. The second-order valence-corrected chi connectivity index (χ2v) is 6.22. The summed E-state index contributed by atoms with van der Waals surface area (Å²) in [6.07, 6.45) is 4.93. The van der Waals surface area contributed by atoms with Gasteiger partial charge in [0, 0.05) is 44.8 Å². The SMILES string of the molecule is COC(=O)c1ccccc1NC(=O)/C(C#N)=C\N1CCN(c2ncccn2)CC1. The van der Waals surface area contributed by atoms with E-state index in [1.165, 1.54) is 7.11 Å². The summed E-state index contributed by atoms with van der Waals surface area (Å²) in [4.78, 5) is 36.8. The number of ether oxygens (including phenoxy) is 1. The molecule has 0 unspecified atom stereocenters. The van der Waals surface area contributed by atoms with Crippen LogP contribution in [0.1, 0.15) is 10.4 Å². The average Bonchev–Trinajstić information content (AvgIpc) is 2.78. The minimum Gasteiger partial charge on any atom is -0.465 e. The van der Waals surface area contributed by atoms with Crippen LogP contribution in [0.15, 0.2) is 54.5 Å². The van der Waals surface area contributed by atoms with Crippen LogP contribution >= 0.6 is 0 Å². The minimum absolute atomic E-state index is 0.0471. The molecule has 1 amide bonds. The topological polar surface area (TPSA) is 111 Å². The van der Waals surface area contributed by atoms with Crippen LogP contribution in [0.4, 0.5) is 11.6 Å². The Balaban J connectivity index is 1.66. The first-order chi connectivity index (χ1) is 14.1. The van der Waals surface area contributed by atoms with Crippen molar-refractivity contribution >= 4 is 23.5 Å². The van der Waals surface area contributed by atoms with Gasteiger partial charge in [-0.1, -0.05) is 12.1 Å². The highest BCUT2D eigenvalue weighted by molar-refractivity contribution is 6.09. The van der Waals surface area contributed by atoms with Crippen LogP contribution in [0.5, 0.6) is 0 Å². The Bertz CT molecular complexity index is 946. The van der Waals surface area contributed by atoms with Crippen molar-refractivity contribution in [3.8, 4) is 6.07 Å². The number of anilines is 2. The molecule has 0 aliphatic carbocycles. The maximum absolute atomic E-state index is 12.6. The Hall–Kier alpha value is -3.93. The summed E-state index contributed by atoms with van der Waals surface area (Å²) >= 11 is 0. The predicted octanol–water partition coefficient (Wildman–Crippen LogP) is 1.43. The number of hydrogen-bond donors (Lipinski definition) is 1. The Labute approximate surface area is 168 Å². The fourth-order valence-corrected chi connectivity index (χ4v) is 2.90. The Morgan fingerprint density at radius 3 is 2.48 bits per heavy atom. The minimum atomic E-state index is -0.585. The Morgan fingerprint density at radius 1 is 1.14 bits per heavy atom. The number of piperazine rings is 1.